The summed E-state index contributed by atoms with van der Waals surface area (Å²) in [5, 5.41) is 15.2. The molecule has 0 amide bonds. The van der Waals surface area contributed by atoms with Crippen LogP contribution in [-0.4, -0.2) is 20.1 Å². The largest absolute Gasteiger partial charge is 0.313 e. The van der Waals surface area contributed by atoms with Crippen molar-refractivity contribution in [3.05, 3.63) is 21.5 Å². The first-order valence-corrected chi connectivity index (χ1v) is 6.33. The third kappa shape index (κ3) is 2.44. The van der Waals surface area contributed by atoms with Crippen molar-refractivity contribution in [3.8, 4) is 0 Å². The summed E-state index contributed by atoms with van der Waals surface area (Å²) in [6, 6.07) is 0. The van der Waals surface area contributed by atoms with E-state index in [0.29, 0.717) is 30.3 Å². The minimum atomic E-state index is -0.347. The Morgan fingerprint density at radius 2 is 2.29 bits per heavy atom. The molecule has 1 aromatic heterocycles. The van der Waals surface area contributed by atoms with Crippen LogP contribution in [0.1, 0.15) is 31.2 Å². The van der Waals surface area contributed by atoms with Crippen molar-refractivity contribution >= 4 is 17.3 Å². The maximum Gasteiger partial charge on any atom is 0.313 e. The fourth-order valence-corrected chi connectivity index (χ4v) is 2.53. The molecule has 94 valence electrons. The lowest BCUT2D eigenvalue weighted by molar-refractivity contribution is -0.386. The number of rotatable bonds is 5. The van der Waals surface area contributed by atoms with E-state index in [9.17, 15) is 10.1 Å². The summed E-state index contributed by atoms with van der Waals surface area (Å²) >= 11 is 6.26. The van der Waals surface area contributed by atoms with Gasteiger partial charge in [-0.2, -0.15) is 5.10 Å². The molecule has 1 fully saturated rings. The van der Waals surface area contributed by atoms with E-state index in [1.165, 1.54) is 0 Å². The zero-order chi connectivity index (χ0) is 12.6. The first-order valence-electron chi connectivity index (χ1n) is 5.89. The molecular formula is C11H16ClN3O2. The minimum absolute atomic E-state index is 0.00454. The van der Waals surface area contributed by atoms with Gasteiger partial charge in [-0.25, -0.2) is 0 Å². The molecule has 6 heteroatoms. The minimum Gasteiger partial charge on any atom is -0.262 e. The van der Waals surface area contributed by atoms with Crippen LogP contribution in [0.2, 0.25) is 0 Å². The van der Waals surface area contributed by atoms with Gasteiger partial charge in [0.1, 0.15) is 11.4 Å². The molecule has 0 saturated heterocycles. The van der Waals surface area contributed by atoms with E-state index in [-0.39, 0.29) is 16.0 Å². The van der Waals surface area contributed by atoms with Crippen LogP contribution in [0.15, 0.2) is 0 Å². The Balaban J connectivity index is 2.31. The van der Waals surface area contributed by atoms with E-state index in [0.717, 1.165) is 12.8 Å². The summed E-state index contributed by atoms with van der Waals surface area (Å²) in [6.45, 7) is 4.24. The third-order valence-electron chi connectivity index (χ3n) is 3.20. The molecule has 1 saturated carbocycles. The van der Waals surface area contributed by atoms with Crippen LogP contribution in [0.4, 0.5) is 5.69 Å². The standard InChI is InChI=1S/C11H16ClN3O2/c1-3-14-10(6-9(12)8-4-5-8)11(15(16)17)7(2)13-14/h8-9H,3-6H2,1-2H3. The maximum atomic E-state index is 11.0. The fraction of sp³-hybridized carbons (Fsp3) is 0.727. The van der Waals surface area contributed by atoms with Gasteiger partial charge in [0, 0.05) is 18.3 Å². The van der Waals surface area contributed by atoms with E-state index in [1.807, 2.05) is 6.92 Å². The zero-order valence-corrected chi connectivity index (χ0v) is 10.8. The number of aromatic nitrogens is 2. The molecule has 0 bridgehead atoms. The van der Waals surface area contributed by atoms with Gasteiger partial charge < -0.3 is 0 Å². The van der Waals surface area contributed by atoms with E-state index in [2.05, 4.69) is 5.10 Å². The maximum absolute atomic E-state index is 11.0. The SMILES string of the molecule is CCn1nc(C)c([N+](=O)[O-])c1CC(Cl)C1CC1. The number of hydrogen-bond donors (Lipinski definition) is 0. The second-order valence-electron chi connectivity index (χ2n) is 4.51. The monoisotopic (exact) mass is 257 g/mol. The summed E-state index contributed by atoms with van der Waals surface area (Å²) in [4.78, 5) is 10.7. The predicted octanol–water partition coefficient (Wildman–Crippen LogP) is 2.68. The molecule has 0 aliphatic heterocycles. The Morgan fingerprint density at radius 1 is 1.65 bits per heavy atom. The smallest absolute Gasteiger partial charge is 0.262 e. The average molecular weight is 258 g/mol. The Labute approximate surface area is 105 Å². The normalized spacial score (nSPS) is 17.1. The molecule has 1 aliphatic carbocycles. The van der Waals surface area contributed by atoms with Crippen LogP contribution in [-0.2, 0) is 13.0 Å². The molecule has 0 aromatic carbocycles. The van der Waals surface area contributed by atoms with E-state index in [1.54, 1.807) is 11.6 Å². The molecule has 2 rings (SSSR count). The van der Waals surface area contributed by atoms with Gasteiger partial charge in [0.15, 0.2) is 0 Å². The van der Waals surface area contributed by atoms with Gasteiger partial charge in [0.2, 0.25) is 0 Å². The summed E-state index contributed by atoms with van der Waals surface area (Å²) in [5.74, 6) is 0.525. The lowest BCUT2D eigenvalue weighted by Crippen LogP contribution is -2.12. The van der Waals surface area contributed by atoms with Gasteiger partial charge in [-0.1, -0.05) is 0 Å². The molecule has 5 nitrogen and oxygen atoms in total. The summed E-state index contributed by atoms with van der Waals surface area (Å²) in [6.07, 6.45) is 2.82. The van der Waals surface area contributed by atoms with Gasteiger partial charge >= 0.3 is 5.69 Å². The topological polar surface area (TPSA) is 61.0 Å². The van der Waals surface area contributed by atoms with Crippen LogP contribution in [0.25, 0.3) is 0 Å². The number of halogens is 1. The van der Waals surface area contributed by atoms with Crippen LogP contribution in [0, 0.1) is 23.0 Å². The summed E-state index contributed by atoms with van der Waals surface area (Å²) in [5.41, 5.74) is 1.28. The highest BCUT2D eigenvalue weighted by atomic mass is 35.5. The molecule has 1 aromatic rings. The predicted molar refractivity (Wildman–Crippen MR) is 65.4 cm³/mol. The highest BCUT2D eigenvalue weighted by molar-refractivity contribution is 6.21. The summed E-state index contributed by atoms with van der Waals surface area (Å²) < 4.78 is 1.70. The molecular weight excluding hydrogens is 242 g/mol. The van der Waals surface area contributed by atoms with Gasteiger partial charge in [0.05, 0.1) is 4.92 Å². The Bertz CT molecular complexity index is 440. The summed E-state index contributed by atoms with van der Waals surface area (Å²) in [7, 11) is 0. The molecule has 17 heavy (non-hydrogen) atoms. The van der Waals surface area contributed by atoms with Crippen molar-refractivity contribution in [2.24, 2.45) is 5.92 Å². The highest BCUT2D eigenvalue weighted by Gasteiger charge is 2.33. The first kappa shape index (κ1) is 12.4. The van der Waals surface area contributed by atoms with E-state index >= 15 is 0 Å². The van der Waals surface area contributed by atoms with Crippen LogP contribution >= 0.6 is 11.6 Å². The Morgan fingerprint density at radius 3 is 2.76 bits per heavy atom. The van der Waals surface area contributed by atoms with Crippen molar-refractivity contribution in [2.45, 2.75) is 45.0 Å². The number of hydrogen-bond acceptors (Lipinski definition) is 3. The van der Waals surface area contributed by atoms with E-state index in [4.69, 9.17) is 11.6 Å². The molecule has 1 unspecified atom stereocenters. The number of nitro groups is 1. The van der Waals surface area contributed by atoms with E-state index < -0.39 is 0 Å². The highest BCUT2D eigenvalue weighted by Crippen LogP contribution is 2.38. The van der Waals surface area contributed by atoms with Gasteiger partial charge in [-0.3, -0.25) is 14.8 Å². The van der Waals surface area contributed by atoms with Crippen LogP contribution in [0.3, 0.4) is 0 Å². The molecule has 1 heterocycles. The Kier molecular flexibility index (Phi) is 3.38. The second-order valence-corrected chi connectivity index (χ2v) is 5.07. The molecule has 1 atom stereocenters. The second kappa shape index (κ2) is 4.64. The van der Waals surface area contributed by atoms with Gasteiger partial charge in [-0.15, -0.1) is 11.6 Å². The Hall–Kier alpha value is -1.10. The molecule has 0 radical (unpaired) electrons. The lowest BCUT2D eigenvalue weighted by atomic mass is 10.1. The number of alkyl halides is 1. The van der Waals surface area contributed by atoms with Crippen molar-refractivity contribution in [1.82, 2.24) is 9.78 Å². The third-order valence-corrected chi connectivity index (χ3v) is 3.71. The molecule has 0 spiro atoms. The average Bonchev–Trinajstić information content (AvgIpc) is 3.04. The fourth-order valence-electron chi connectivity index (χ4n) is 2.13. The van der Waals surface area contributed by atoms with Crippen molar-refractivity contribution in [2.75, 3.05) is 0 Å². The van der Waals surface area contributed by atoms with Crippen molar-refractivity contribution in [3.63, 3.8) is 0 Å². The molecule has 0 N–H and O–H groups in total. The number of aryl methyl sites for hydroxylation is 2. The number of nitrogens with zero attached hydrogens (tertiary/aromatic N) is 3. The van der Waals surface area contributed by atoms with Crippen LogP contribution in [0.5, 0.6) is 0 Å². The van der Waals surface area contributed by atoms with Crippen LogP contribution < -0.4 is 0 Å². The lowest BCUT2D eigenvalue weighted by Gasteiger charge is -2.08. The van der Waals surface area contributed by atoms with Crippen molar-refractivity contribution in [1.29, 1.82) is 0 Å². The first-order chi connectivity index (χ1) is 8.04. The quantitative estimate of drug-likeness (QED) is 0.463. The van der Waals surface area contributed by atoms with Gasteiger partial charge in [-0.05, 0) is 32.6 Å². The molecule has 1 aliphatic rings. The zero-order valence-electron chi connectivity index (χ0n) is 10.0. The van der Waals surface area contributed by atoms with Gasteiger partial charge in [0.25, 0.3) is 0 Å². The van der Waals surface area contributed by atoms with Crippen molar-refractivity contribution < 1.29 is 4.92 Å².